The van der Waals surface area contributed by atoms with Gasteiger partial charge in [-0.25, -0.2) is 0 Å². The van der Waals surface area contributed by atoms with Gasteiger partial charge in [-0.3, -0.25) is 9.48 Å². The van der Waals surface area contributed by atoms with Gasteiger partial charge in [-0.2, -0.15) is 5.10 Å². The Bertz CT molecular complexity index is 594. The molecule has 0 saturated heterocycles. The molecule has 1 aromatic carbocycles. The van der Waals surface area contributed by atoms with E-state index in [9.17, 15) is 4.79 Å². The molecule has 1 aromatic heterocycles. The van der Waals surface area contributed by atoms with Gasteiger partial charge in [-0.15, -0.1) is 11.8 Å². The second kappa shape index (κ2) is 5.79. The van der Waals surface area contributed by atoms with E-state index in [4.69, 9.17) is 5.73 Å². The smallest absolute Gasteiger partial charge is 0.234 e. The highest BCUT2D eigenvalue weighted by atomic mass is 32.2. The summed E-state index contributed by atoms with van der Waals surface area (Å²) < 4.78 is 1.71. The Morgan fingerprint density at radius 1 is 1.53 bits per heavy atom. The van der Waals surface area contributed by atoms with E-state index in [0.29, 0.717) is 11.4 Å². The van der Waals surface area contributed by atoms with Crippen molar-refractivity contribution in [1.29, 1.82) is 0 Å². The Kier molecular flexibility index (Phi) is 4.11. The summed E-state index contributed by atoms with van der Waals surface area (Å²) in [6, 6.07) is 5.43. The van der Waals surface area contributed by atoms with Crippen molar-refractivity contribution in [2.24, 2.45) is 7.05 Å². The van der Waals surface area contributed by atoms with Crippen molar-refractivity contribution in [3.05, 3.63) is 36.2 Å². The first-order valence-corrected chi connectivity index (χ1v) is 6.80. The van der Waals surface area contributed by atoms with Crippen LogP contribution < -0.4 is 11.1 Å². The first-order valence-electron chi connectivity index (χ1n) is 5.82. The van der Waals surface area contributed by atoms with Crippen molar-refractivity contribution in [2.45, 2.75) is 11.8 Å². The maximum Gasteiger partial charge on any atom is 0.234 e. The zero-order valence-corrected chi connectivity index (χ0v) is 11.7. The molecule has 100 valence electrons. The summed E-state index contributed by atoms with van der Waals surface area (Å²) in [6.07, 6.45) is 3.62. The molecule has 0 bridgehead atoms. The van der Waals surface area contributed by atoms with E-state index >= 15 is 0 Å². The third-order valence-electron chi connectivity index (χ3n) is 2.58. The van der Waals surface area contributed by atoms with Crippen molar-refractivity contribution >= 4 is 29.0 Å². The van der Waals surface area contributed by atoms with Crippen molar-refractivity contribution in [3.8, 4) is 0 Å². The number of aromatic nitrogens is 2. The number of carbonyl (C=O) groups is 1. The summed E-state index contributed by atoms with van der Waals surface area (Å²) in [7, 11) is 1.85. The number of hydrogen-bond acceptors (Lipinski definition) is 4. The highest BCUT2D eigenvalue weighted by molar-refractivity contribution is 8.00. The van der Waals surface area contributed by atoms with Crippen LogP contribution in [-0.4, -0.2) is 21.4 Å². The van der Waals surface area contributed by atoms with E-state index in [1.165, 1.54) is 11.8 Å². The number of hydrogen-bond donors (Lipinski definition) is 2. The van der Waals surface area contributed by atoms with Crippen molar-refractivity contribution < 1.29 is 4.79 Å². The van der Waals surface area contributed by atoms with Crippen LogP contribution in [0.25, 0.3) is 0 Å². The summed E-state index contributed by atoms with van der Waals surface area (Å²) in [4.78, 5) is 12.8. The van der Waals surface area contributed by atoms with E-state index in [1.54, 1.807) is 16.9 Å². The molecule has 2 aromatic rings. The van der Waals surface area contributed by atoms with Gasteiger partial charge < -0.3 is 11.1 Å². The first-order chi connectivity index (χ1) is 9.04. The minimum atomic E-state index is -0.0401. The van der Waals surface area contributed by atoms with Gasteiger partial charge in [0.2, 0.25) is 5.91 Å². The first kappa shape index (κ1) is 13.5. The molecule has 0 atom stereocenters. The largest absolute Gasteiger partial charge is 0.399 e. The fourth-order valence-corrected chi connectivity index (χ4v) is 2.35. The Labute approximate surface area is 116 Å². The van der Waals surface area contributed by atoms with Crippen LogP contribution in [0.2, 0.25) is 0 Å². The van der Waals surface area contributed by atoms with E-state index in [2.05, 4.69) is 10.4 Å². The second-order valence-corrected chi connectivity index (χ2v) is 5.31. The van der Waals surface area contributed by atoms with Crippen LogP contribution in [0.5, 0.6) is 0 Å². The number of nitrogens with two attached hydrogens (primary N) is 1. The molecule has 0 unspecified atom stereocenters. The number of nitrogens with one attached hydrogen (secondary N) is 1. The fraction of sp³-hybridized carbons (Fsp3) is 0.231. The van der Waals surface area contributed by atoms with Crippen molar-refractivity contribution in [1.82, 2.24) is 9.78 Å². The molecule has 0 fully saturated rings. The monoisotopic (exact) mass is 276 g/mol. The number of rotatable bonds is 4. The quantitative estimate of drug-likeness (QED) is 0.662. The van der Waals surface area contributed by atoms with Crippen LogP contribution in [0.3, 0.4) is 0 Å². The highest BCUT2D eigenvalue weighted by Gasteiger charge is 2.06. The molecular formula is C13H16N4OS. The zero-order chi connectivity index (χ0) is 13.8. The summed E-state index contributed by atoms with van der Waals surface area (Å²) in [5.74, 6) is 0.317. The minimum Gasteiger partial charge on any atom is -0.399 e. The maximum absolute atomic E-state index is 11.8. The lowest BCUT2D eigenvalue weighted by molar-refractivity contribution is -0.113. The standard InChI is InChI=1S/C13H16N4OS/c1-9-5-10(14)3-4-12(9)16-13(18)8-19-11-6-15-17(2)7-11/h3-7H,8,14H2,1-2H3,(H,16,18). The number of benzene rings is 1. The lowest BCUT2D eigenvalue weighted by Crippen LogP contribution is -2.14. The minimum absolute atomic E-state index is 0.0401. The average Bonchev–Trinajstić information content (AvgIpc) is 2.76. The molecule has 0 aliphatic rings. The Hall–Kier alpha value is -1.95. The Morgan fingerprint density at radius 3 is 2.95 bits per heavy atom. The molecular weight excluding hydrogens is 260 g/mol. The Morgan fingerprint density at radius 2 is 2.32 bits per heavy atom. The van der Waals surface area contributed by atoms with Crippen LogP contribution in [0, 0.1) is 6.92 Å². The van der Waals surface area contributed by atoms with Crippen LogP contribution >= 0.6 is 11.8 Å². The molecule has 1 heterocycles. The normalized spacial score (nSPS) is 10.4. The van der Waals surface area contributed by atoms with Crippen LogP contribution in [0.1, 0.15) is 5.56 Å². The summed E-state index contributed by atoms with van der Waals surface area (Å²) in [5, 5.41) is 6.92. The zero-order valence-electron chi connectivity index (χ0n) is 10.9. The second-order valence-electron chi connectivity index (χ2n) is 4.26. The summed E-state index contributed by atoms with van der Waals surface area (Å²) >= 11 is 1.46. The summed E-state index contributed by atoms with van der Waals surface area (Å²) in [5.41, 5.74) is 8.12. The van der Waals surface area contributed by atoms with Crippen molar-refractivity contribution in [2.75, 3.05) is 16.8 Å². The van der Waals surface area contributed by atoms with Gasteiger partial charge in [-0.1, -0.05) is 0 Å². The number of anilines is 2. The van der Waals surface area contributed by atoms with Gasteiger partial charge in [0.05, 0.1) is 11.9 Å². The Balaban J connectivity index is 1.90. The third-order valence-corrected chi connectivity index (χ3v) is 3.53. The van der Waals surface area contributed by atoms with Gasteiger partial charge in [0.25, 0.3) is 0 Å². The van der Waals surface area contributed by atoms with E-state index in [1.807, 2.05) is 32.3 Å². The predicted octanol–water partition coefficient (Wildman–Crippen LogP) is 2.04. The molecule has 0 spiro atoms. The molecule has 2 rings (SSSR count). The molecule has 0 aliphatic heterocycles. The molecule has 0 saturated carbocycles. The van der Waals surface area contributed by atoms with E-state index in [0.717, 1.165) is 16.1 Å². The number of amides is 1. The topological polar surface area (TPSA) is 72.9 Å². The number of carbonyl (C=O) groups excluding carboxylic acids is 1. The molecule has 1 amide bonds. The van der Waals surface area contributed by atoms with E-state index in [-0.39, 0.29) is 5.91 Å². The average molecular weight is 276 g/mol. The molecule has 0 aliphatic carbocycles. The highest BCUT2D eigenvalue weighted by Crippen LogP contribution is 2.20. The van der Waals surface area contributed by atoms with Gasteiger partial charge in [0.1, 0.15) is 0 Å². The lowest BCUT2D eigenvalue weighted by Gasteiger charge is -2.08. The third kappa shape index (κ3) is 3.75. The number of nitrogen functional groups attached to an aromatic ring is 1. The molecule has 3 N–H and O–H groups in total. The van der Waals surface area contributed by atoms with Crippen molar-refractivity contribution in [3.63, 3.8) is 0 Å². The van der Waals surface area contributed by atoms with E-state index < -0.39 is 0 Å². The van der Waals surface area contributed by atoms with Gasteiger partial charge in [0.15, 0.2) is 0 Å². The van der Waals surface area contributed by atoms with Crippen LogP contribution in [0.15, 0.2) is 35.5 Å². The lowest BCUT2D eigenvalue weighted by atomic mass is 10.2. The number of nitrogens with zero attached hydrogens (tertiary/aromatic N) is 2. The number of thioether (sulfide) groups is 1. The SMILES string of the molecule is Cc1cc(N)ccc1NC(=O)CSc1cnn(C)c1. The number of aryl methyl sites for hydroxylation is 2. The molecule has 19 heavy (non-hydrogen) atoms. The molecule has 6 heteroatoms. The van der Waals surface area contributed by atoms with Crippen LogP contribution in [0.4, 0.5) is 11.4 Å². The predicted molar refractivity (Wildman–Crippen MR) is 78.2 cm³/mol. The van der Waals surface area contributed by atoms with Gasteiger partial charge >= 0.3 is 0 Å². The van der Waals surface area contributed by atoms with Crippen LogP contribution in [-0.2, 0) is 11.8 Å². The maximum atomic E-state index is 11.8. The fourth-order valence-electron chi connectivity index (χ4n) is 1.64. The van der Waals surface area contributed by atoms with Gasteiger partial charge in [-0.05, 0) is 30.7 Å². The molecule has 0 radical (unpaired) electrons. The summed E-state index contributed by atoms with van der Waals surface area (Å²) in [6.45, 7) is 1.92. The van der Waals surface area contributed by atoms with Gasteiger partial charge in [0, 0.05) is 29.5 Å². The molecule has 5 nitrogen and oxygen atoms in total.